The summed E-state index contributed by atoms with van der Waals surface area (Å²) in [5.41, 5.74) is 2.51. The van der Waals surface area contributed by atoms with E-state index in [2.05, 4.69) is 5.32 Å². The van der Waals surface area contributed by atoms with Crippen molar-refractivity contribution >= 4 is 16.9 Å². The Kier molecular flexibility index (Phi) is 4.86. The van der Waals surface area contributed by atoms with Crippen LogP contribution in [0.15, 0.2) is 52.9 Å². The Morgan fingerprint density at radius 3 is 2.56 bits per heavy atom. The van der Waals surface area contributed by atoms with Crippen molar-refractivity contribution < 1.29 is 13.9 Å². The predicted octanol–water partition coefficient (Wildman–Crippen LogP) is 3.93. The minimum Gasteiger partial charge on any atom is -0.497 e. The first-order chi connectivity index (χ1) is 13.2. The Bertz CT molecular complexity index is 941. The molecule has 1 aliphatic heterocycles. The summed E-state index contributed by atoms with van der Waals surface area (Å²) in [5, 5.41) is 4.23. The van der Waals surface area contributed by atoms with Crippen molar-refractivity contribution in [3.63, 3.8) is 0 Å². The van der Waals surface area contributed by atoms with Crippen molar-refractivity contribution in [3.05, 3.63) is 54.3 Å². The van der Waals surface area contributed by atoms with Crippen molar-refractivity contribution in [2.75, 3.05) is 27.2 Å². The number of fused-ring (bicyclic) bond motifs is 1. The molecule has 1 aliphatic rings. The molecular formula is C22H24N2O3. The number of carbonyl (C=O) groups excluding carboxylic acids is 1. The normalized spacial score (nSPS) is 15.3. The van der Waals surface area contributed by atoms with Gasteiger partial charge >= 0.3 is 0 Å². The minimum atomic E-state index is -0.0430. The molecule has 2 aromatic carbocycles. The lowest BCUT2D eigenvalue weighted by Gasteiger charge is -2.31. The van der Waals surface area contributed by atoms with E-state index in [0.29, 0.717) is 23.1 Å². The van der Waals surface area contributed by atoms with Gasteiger partial charge in [-0.15, -0.1) is 0 Å². The topological polar surface area (TPSA) is 54.7 Å². The third-order valence-electron chi connectivity index (χ3n) is 5.34. The van der Waals surface area contributed by atoms with Gasteiger partial charge in [0.05, 0.1) is 7.11 Å². The lowest BCUT2D eigenvalue weighted by Crippen LogP contribution is -2.43. The number of hydrogen-bond acceptors (Lipinski definition) is 4. The van der Waals surface area contributed by atoms with Gasteiger partial charge in [0.2, 0.25) is 5.76 Å². The maximum atomic E-state index is 13.3. The van der Waals surface area contributed by atoms with Crippen LogP contribution in [0.5, 0.6) is 5.75 Å². The Morgan fingerprint density at radius 1 is 1.15 bits per heavy atom. The highest BCUT2D eigenvalue weighted by Gasteiger charge is 2.29. The number of nitrogens with one attached hydrogen (secondary N) is 1. The van der Waals surface area contributed by atoms with Gasteiger partial charge in [0, 0.05) is 36.1 Å². The summed E-state index contributed by atoms with van der Waals surface area (Å²) in [6.45, 7) is 1.47. The molecule has 140 valence electrons. The van der Waals surface area contributed by atoms with Gasteiger partial charge < -0.3 is 19.4 Å². The molecule has 27 heavy (non-hydrogen) atoms. The number of amides is 1. The Balaban J connectivity index is 1.78. The number of benzene rings is 2. The fraction of sp³-hybridized carbons (Fsp3) is 0.318. The number of furan rings is 1. The summed E-state index contributed by atoms with van der Waals surface area (Å²) in [6.07, 6.45) is 1.91. The van der Waals surface area contributed by atoms with Crippen molar-refractivity contribution in [2.45, 2.75) is 18.9 Å². The number of nitrogens with zero attached hydrogens (tertiary/aromatic N) is 1. The van der Waals surface area contributed by atoms with Crippen molar-refractivity contribution in [1.29, 1.82) is 0 Å². The number of likely N-dealkylation sites (tertiary alicyclic amines) is 1. The fourth-order valence-corrected chi connectivity index (χ4v) is 3.76. The van der Waals surface area contributed by atoms with Gasteiger partial charge in [-0.2, -0.15) is 0 Å². The zero-order valence-corrected chi connectivity index (χ0v) is 15.7. The largest absolute Gasteiger partial charge is 0.497 e. The quantitative estimate of drug-likeness (QED) is 0.762. The van der Waals surface area contributed by atoms with Crippen LogP contribution >= 0.6 is 0 Å². The van der Waals surface area contributed by atoms with E-state index in [0.717, 1.165) is 42.4 Å². The van der Waals surface area contributed by atoms with E-state index in [4.69, 9.17) is 9.15 Å². The molecule has 1 amide bonds. The van der Waals surface area contributed by atoms with Crippen LogP contribution in [0, 0.1) is 0 Å². The van der Waals surface area contributed by atoms with E-state index in [1.807, 2.05) is 60.5 Å². The molecule has 0 spiro atoms. The van der Waals surface area contributed by atoms with Gasteiger partial charge in [0.15, 0.2) is 0 Å². The SMILES string of the molecule is CNC1CCN(C(=O)c2oc3cc(OC)ccc3c2-c2ccccc2)CC1. The molecule has 1 N–H and O–H groups in total. The molecule has 0 aliphatic carbocycles. The molecule has 0 saturated carbocycles. The summed E-state index contributed by atoms with van der Waals surface area (Å²) < 4.78 is 11.4. The molecule has 4 rings (SSSR count). The predicted molar refractivity (Wildman–Crippen MR) is 106 cm³/mol. The number of carbonyl (C=O) groups is 1. The van der Waals surface area contributed by atoms with Crippen LogP contribution < -0.4 is 10.1 Å². The number of rotatable bonds is 4. The molecule has 1 saturated heterocycles. The molecule has 1 aromatic heterocycles. The van der Waals surface area contributed by atoms with Crippen molar-refractivity contribution in [3.8, 4) is 16.9 Å². The van der Waals surface area contributed by atoms with Crippen LogP contribution in [0.4, 0.5) is 0 Å². The second-order valence-corrected chi connectivity index (χ2v) is 6.89. The second-order valence-electron chi connectivity index (χ2n) is 6.89. The maximum absolute atomic E-state index is 13.3. The summed E-state index contributed by atoms with van der Waals surface area (Å²) in [6, 6.07) is 16.1. The van der Waals surface area contributed by atoms with E-state index in [-0.39, 0.29) is 5.91 Å². The number of methoxy groups -OCH3 is 1. The highest BCUT2D eigenvalue weighted by atomic mass is 16.5. The molecule has 3 aromatic rings. The van der Waals surface area contributed by atoms with Crippen LogP contribution in [0.3, 0.4) is 0 Å². The van der Waals surface area contributed by atoms with Gasteiger partial charge in [-0.3, -0.25) is 4.79 Å². The average molecular weight is 364 g/mol. The fourth-order valence-electron chi connectivity index (χ4n) is 3.76. The molecule has 0 unspecified atom stereocenters. The smallest absolute Gasteiger partial charge is 0.290 e. The molecule has 0 atom stereocenters. The Labute approximate surface area is 158 Å². The third kappa shape index (κ3) is 3.30. The van der Waals surface area contributed by atoms with E-state index in [9.17, 15) is 4.79 Å². The minimum absolute atomic E-state index is 0.0430. The molecule has 5 nitrogen and oxygen atoms in total. The van der Waals surface area contributed by atoms with Gasteiger partial charge in [0.25, 0.3) is 5.91 Å². The summed E-state index contributed by atoms with van der Waals surface area (Å²) in [5.74, 6) is 1.08. The van der Waals surface area contributed by atoms with Gasteiger partial charge in [-0.05, 0) is 37.6 Å². The van der Waals surface area contributed by atoms with E-state index in [1.165, 1.54) is 0 Å². The monoisotopic (exact) mass is 364 g/mol. The lowest BCUT2D eigenvalue weighted by molar-refractivity contribution is 0.0678. The van der Waals surface area contributed by atoms with Crippen molar-refractivity contribution in [2.24, 2.45) is 0 Å². The van der Waals surface area contributed by atoms with Crippen LogP contribution in [0.25, 0.3) is 22.1 Å². The van der Waals surface area contributed by atoms with E-state index < -0.39 is 0 Å². The molecule has 5 heteroatoms. The van der Waals surface area contributed by atoms with Crippen LogP contribution in [-0.2, 0) is 0 Å². The molecule has 1 fully saturated rings. The highest BCUT2D eigenvalue weighted by molar-refractivity contribution is 6.08. The summed E-state index contributed by atoms with van der Waals surface area (Å²) >= 11 is 0. The average Bonchev–Trinajstić information content (AvgIpc) is 3.12. The first-order valence-corrected chi connectivity index (χ1v) is 9.33. The molecule has 0 radical (unpaired) electrons. The maximum Gasteiger partial charge on any atom is 0.290 e. The van der Waals surface area contributed by atoms with E-state index in [1.54, 1.807) is 7.11 Å². The standard InChI is InChI=1S/C22H24N2O3/c1-23-16-10-12-24(13-11-16)22(25)21-20(15-6-4-3-5-7-15)18-9-8-17(26-2)14-19(18)27-21/h3-9,14,16,23H,10-13H2,1-2H3. The molecule has 0 bridgehead atoms. The zero-order chi connectivity index (χ0) is 18.8. The first kappa shape index (κ1) is 17.6. The van der Waals surface area contributed by atoms with Crippen LogP contribution in [0.1, 0.15) is 23.4 Å². The number of ether oxygens (including phenoxy) is 1. The summed E-state index contributed by atoms with van der Waals surface area (Å²) in [7, 11) is 3.60. The van der Waals surface area contributed by atoms with E-state index >= 15 is 0 Å². The van der Waals surface area contributed by atoms with Gasteiger partial charge in [0.1, 0.15) is 11.3 Å². The number of hydrogen-bond donors (Lipinski definition) is 1. The van der Waals surface area contributed by atoms with Gasteiger partial charge in [-0.25, -0.2) is 0 Å². The lowest BCUT2D eigenvalue weighted by atomic mass is 10.00. The molecule has 2 heterocycles. The second kappa shape index (κ2) is 7.45. The van der Waals surface area contributed by atoms with Crippen LogP contribution in [-0.4, -0.2) is 44.1 Å². The number of piperidine rings is 1. The zero-order valence-electron chi connectivity index (χ0n) is 15.7. The Hall–Kier alpha value is -2.79. The Morgan fingerprint density at radius 2 is 1.89 bits per heavy atom. The summed E-state index contributed by atoms with van der Waals surface area (Å²) in [4.78, 5) is 15.2. The van der Waals surface area contributed by atoms with Crippen LogP contribution in [0.2, 0.25) is 0 Å². The third-order valence-corrected chi connectivity index (χ3v) is 5.34. The highest BCUT2D eigenvalue weighted by Crippen LogP contribution is 2.37. The molecular weight excluding hydrogens is 340 g/mol. The van der Waals surface area contributed by atoms with Crippen molar-refractivity contribution in [1.82, 2.24) is 10.2 Å². The first-order valence-electron chi connectivity index (χ1n) is 9.33. The van der Waals surface area contributed by atoms with Gasteiger partial charge in [-0.1, -0.05) is 30.3 Å².